The molecule has 0 aliphatic carbocycles. The predicted molar refractivity (Wildman–Crippen MR) is 105 cm³/mol. The van der Waals surface area contributed by atoms with E-state index in [1.54, 1.807) is 18.2 Å². The molecule has 1 amide bonds. The van der Waals surface area contributed by atoms with Crippen LogP contribution < -0.4 is 16.2 Å². The van der Waals surface area contributed by atoms with Crippen molar-refractivity contribution >= 4 is 56.5 Å². The van der Waals surface area contributed by atoms with Gasteiger partial charge in [0.15, 0.2) is 16.6 Å². The van der Waals surface area contributed by atoms with E-state index < -0.39 is 0 Å². The lowest BCUT2D eigenvalue weighted by Crippen LogP contribution is -2.43. The van der Waals surface area contributed by atoms with Gasteiger partial charge in [0.1, 0.15) is 0 Å². The highest BCUT2D eigenvalue weighted by Crippen LogP contribution is 2.26. The highest BCUT2D eigenvalue weighted by atomic mass is 79.9. The van der Waals surface area contributed by atoms with Gasteiger partial charge in [-0.25, -0.2) is 0 Å². The first-order valence-electron chi connectivity index (χ1n) is 7.17. The Bertz CT molecular complexity index is 804. The Kier molecular flexibility index (Phi) is 6.86. The topological polar surface area (TPSA) is 93.6 Å². The molecule has 2 aromatic rings. The van der Waals surface area contributed by atoms with E-state index in [-0.39, 0.29) is 28.9 Å². The number of phenols is 2. The highest BCUT2D eigenvalue weighted by Gasteiger charge is 2.07. The summed E-state index contributed by atoms with van der Waals surface area (Å²) >= 11 is 14.5. The van der Waals surface area contributed by atoms with Gasteiger partial charge in [0, 0.05) is 10.9 Å². The van der Waals surface area contributed by atoms with Crippen molar-refractivity contribution in [2.45, 2.75) is 12.8 Å². The van der Waals surface area contributed by atoms with Crippen molar-refractivity contribution < 1.29 is 15.0 Å². The summed E-state index contributed by atoms with van der Waals surface area (Å²) in [6, 6.07) is 9.71. The van der Waals surface area contributed by atoms with Crippen LogP contribution in [0.2, 0.25) is 5.02 Å². The van der Waals surface area contributed by atoms with E-state index in [1.807, 2.05) is 6.07 Å². The summed E-state index contributed by atoms with van der Waals surface area (Å²) in [4.78, 5) is 11.8. The van der Waals surface area contributed by atoms with E-state index in [1.165, 1.54) is 12.1 Å². The SMILES string of the molecule is O=C(CCc1ccc(O)c(O)c1)NNC(=S)Nc1ccc(Br)cc1Cl. The number of thiocarbonyl (C=S) groups is 1. The van der Waals surface area contributed by atoms with Crippen LogP contribution in [0.25, 0.3) is 0 Å². The molecule has 0 radical (unpaired) electrons. The molecular formula is C16H15BrClN3O3S. The number of aromatic hydroxyl groups is 2. The summed E-state index contributed by atoms with van der Waals surface area (Å²) in [7, 11) is 0. The smallest absolute Gasteiger partial charge is 0.238 e. The number of rotatable bonds is 4. The Morgan fingerprint density at radius 3 is 2.56 bits per heavy atom. The molecule has 25 heavy (non-hydrogen) atoms. The molecule has 132 valence electrons. The highest BCUT2D eigenvalue weighted by molar-refractivity contribution is 9.10. The second-order valence-electron chi connectivity index (χ2n) is 5.07. The lowest BCUT2D eigenvalue weighted by atomic mass is 10.1. The monoisotopic (exact) mass is 443 g/mol. The summed E-state index contributed by atoms with van der Waals surface area (Å²) in [5.41, 5.74) is 6.40. The fraction of sp³-hybridized carbons (Fsp3) is 0.125. The molecule has 9 heteroatoms. The van der Waals surface area contributed by atoms with Crippen molar-refractivity contribution in [1.82, 2.24) is 10.9 Å². The summed E-state index contributed by atoms with van der Waals surface area (Å²) in [6.07, 6.45) is 0.582. The van der Waals surface area contributed by atoms with Crippen LogP contribution >= 0.6 is 39.7 Å². The van der Waals surface area contributed by atoms with Crippen LogP contribution in [0.15, 0.2) is 40.9 Å². The van der Waals surface area contributed by atoms with Crippen LogP contribution in [-0.2, 0) is 11.2 Å². The van der Waals surface area contributed by atoms with Gasteiger partial charge in [-0.15, -0.1) is 0 Å². The van der Waals surface area contributed by atoms with Crippen molar-refractivity contribution in [2.75, 3.05) is 5.32 Å². The molecule has 0 spiro atoms. The van der Waals surface area contributed by atoms with E-state index in [0.29, 0.717) is 17.1 Å². The number of hydrogen-bond acceptors (Lipinski definition) is 4. The van der Waals surface area contributed by atoms with Gasteiger partial charge >= 0.3 is 0 Å². The normalized spacial score (nSPS) is 10.2. The number of nitrogens with one attached hydrogen (secondary N) is 3. The number of carbonyl (C=O) groups is 1. The molecule has 2 rings (SSSR count). The zero-order chi connectivity index (χ0) is 18.4. The van der Waals surface area contributed by atoms with E-state index in [2.05, 4.69) is 32.1 Å². The lowest BCUT2D eigenvalue weighted by molar-refractivity contribution is -0.121. The molecule has 5 N–H and O–H groups in total. The standard InChI is InChI=1S/C16H15BrClN3O3S/c17-10-3-4-12(11(18)8-10)19-16(25)21-20-15(24)6-2-9-1-5-13(22)14(23)7-9/h1,3-5,7-8,22-23H,2,6H2,(H,20,24)(H2,19,21,25). The zero-order valence-electron chi connectivity index (χ0n) is 12.8. The van der Waals surface area contributed by atoms with Crippen LogP contribution in [-0.4, -0.2) is 21.2 Å². The Morgan fingerprint density at radius 2 is 1.88 bits per heavy atom. The van der Waals surface area contributed by atoms with Crippen molar-refractivity contribution in [2.24, 2.45) is 0 Å². The van der Waals surface area contributed by atoms with Crippen LogP contribution in [0.1, 0.15) is 12.0 Å². The van der Waals surface area contributed by atoms with Crippen molar-refractivity contribution in [3.05, 3.63) is 51.5 Å². The molecule has 0 aliphatic heterocycles. The van der Waals surface area contributed by atoms with Crippen molar-refractivity contribution in [3.63, 3.8) is 0 Å². The minimum absolute atomic E-state index is 0.179. The molecule has 0 atom stereocenters. The van der Waals surface area contributed by atoms with Gasteiger partial charge in [-0.1, -0.05) is 33.6 Å². The Hall–Kier alpha value is -2.03. The van der Waals surface area contributed by atoms with E-state index in [4.69, 9.17) is 23.8 Å². The number of anilines is 1. The van der Waals surface area contributed by atoms with Crippen LogP contribution in [0.5, 0.6) is 11.5 Å². The minimum atomic E-state index is -0.279. The van der Waals surface area contributed by atoms with Crippen LogP contribution in [0.4, 0.5) is 5.69 Å². The minimum Gasteiger partial charge on any atom is -0.504 e. The Balaban J connectivity index is 1.77. The molecule has 0 unspecified atom stereocenters. The molecule has 2 aromatic carbocycles. The van der Waals surface area contributed by atoms with Gasteiger partial charge in [-0.05, 0) is 54.5 Å². The summed E-state index contributed by atoms with van der Waals surface area (Å²) in [5.74, 6) is -0.690. The van der Waals surface area contributed by atoms with Gasteiger partial charge < -0.3 is 15.5 Å². The van der Waals surface area contributed by atoms with Gasteiger partial charge in [0.2, 0.25) is 5.91 Å². The molecular weight excluding hydrogens is 430 g/mol. The first-order chi connectivity index (χ1) is 11.8. The van der Waals surface area contributed by atoms with Crippen molar-refractivity contribution in [1.29, 1.82) is 0 Å². The summed E-state index contributed by atoms with van der Waals surface area (Å²) in [5, 5.41) is 22.2. The summed E-state index contributed by atoms with van der Waals surface area (Å²) in [6.45, 7) is 0. The van der Waals surface area contributed by atoms with E-state index in [0.717, 1.165) is 10.0 Å². The first-order valence-corrected chi connectivity index (χ1v) is 8.75. The number of benzene rings is 2. The average Bonchev–Trinajstić information content (AvgIpc) is 2.56. The molecule has 0 aromatic heterocycles. The fourth-order valence-corrected chi connectivity index (χ4v) is 2.80. The maximum atomic E-state index is 11.8. The third-order valence-electron chi connectivity index (χ3n) is 3.18. The van der Waals surface area contributed by atoms with E-state index in [9.17, 15) is 15.0 Å². The fourth-order valence-electron chi connectivity index (χ4n) is 1.92. The van der Waals surface area contributed by atoms with Gasteiger partial charge in [-0.3, -0.25) is 15.6 Å². The molecule has 0 aliphatic rings. The maximum absolute atomic E-state index is 11.8. The lowest BCUT2D eigenvalue weighted by Gasteiger charge is -2.13. The first kappa shape index (κ1) is 19.3. The largest absolute Gasteiger partial charge is 0.504 e. The van der Waals surface area contributed by atoms with Crippen LogP contribution in [0.3, 0.4) is 0 Å². The molecule has 0 fully saturated rings. The molecule has 6 nitrogen and oxygen atoms in total. The Morgan fingerprint density at radius 1 is 1.12 bits per heavy atom. The van der Waals surface area contributed by atoms with Gasteiger partial charge in [0.05, 0.1) is 10.7 Å². The van der Waals surface area contributed by atoms with Gasteiger partial charge in [0.25, 0.3) is 0 Å². The number of aryl methyl sites for hydroxylation is 1. The van der Waals surface area contributed by atoms with Crippen LogP contribution in [0, 0.1) is 0 Å². The summed E-state index contributed by atoms with van der Waals surface area (Å²) < 4.78 is 0.843. The molecule has 0 saturated carbocycles. The molecule has 0 bridgehead atoms. The molecule has 0 saturated heterocycles. The van der Waals surface area contributed by atoms with Gasteiger partial charge in [-0.2, -0.15) is 0 Å². The zero-order valence-corrected chi connectivity index (χ0v) is 16.0. The Labute approximate surface area is 163 Å². The number of halogens is 2. The second-order valence-corrected chi connectivity index (χ2v) is 6.81. The third-order valence-corrected chi connectivity index (χ3v) is 4.19. The predicted octanol–water partition coefficient (Wildman–Crippen LogP) is 3.46. The second kappa shape index (κ2) is 8.89. The van der Waals surface area contributed by atoms with Crippen molar-refractivity contribution in [3.8, 4) is 11.5 Å². The third kappa shape index (κ3) is 6.08. The average molecular weight is 445 g/mol. The number of hydrogen-bond donors (Lipinski definition) is 5. The van der Waals surface area contributed by atoms with E-state index >= 15 is 0 Å². The molecule has 0 heterocycles. The number of hydrazine groups is 1. The quantitative estimate of drug-likeness (QED) is 0.282. The maximum Gasteiger partial charge on any atom is 0.238 e. The number of amides is 1. The number of carbonyl (C=O) groups excluding carboxylic acids is 1. The number of phenolic OH excluding ortho intramolecular Hbond substituents is 2.